The van der Waals surface area contributed by atoms with Crippen molar-refractivity contribution in [1.82, 2.24) is 4.98 Å². The first-order valence-corrected chi connectivity index (χ1v) is 8.54. The van der Waals surface area contributed by atoms with E-state index in [1.807, 2.05) is 19.1 Å². The minimum Gasteiger partial charge on any atom is -0.298 e. The highest BCUT2D eigenvalue weighted by molar-refractivity contribution is 5.83. The minimum absolute atomic E-state index is 0.00929. The first-order valence-electron chi connectivity index (χ1n) is 8.54. The van der Waals surface area contributed by atoms with Gasteiger partial charge in [0.1, 0.15) is 11.6 Å². The average Bonchev–Trinajstić information content (AvgIpc) is 2.61. The van der Waals surface area contributed by atoms with Crippen LogP contribution in [-0.4, -0.2) is 10.8 Å². The van der Waals surface area contributed by atoms with Crippen LogP contribution in [0.2, 0.25) is 0 Å². The van der Waals surface area contributed by atoms with Gasteiger partial charge in [-0.25, -0.2) is 4.39 Å². The number of halogens is 1. The SMILES string of the molecule is CC(C(=O)CC#N)C1CCC(c2ccnc3ccc(F)cc23)CC1. The second-order valence-corrected chi connectivity index (χ2v) is 6.76. The Labute approximate surface area is 141 Å². The van der Waals surface area contributed by atoms with Gasteiger partial charge in [-0.1, -0.05) is 6.92 Å². The van der Waals surface area contributed by atoms with E-state index in [9.17, 15) is 9.18 Å². The predicted molar refractivity (Wildman–Crippen MR) is 90.8 cm³/mol. The van der Waals surface area contributed by atoms with Gasteiger partial charge in [-0.15, -0.1) is 0 Å². The van der Waals surface area contributed by atoms with Crippen molar-refractivity contribution < 1.29 is 9.18 Å². The highest BCUT2D eigenvalue weighted by Gasteiger charge is 2.29. The molecule has 1 aliphatic rings. The minimum atomic E-state index is -0.235. The molecule has 1 aromatic heterocycles. The Bertz CT molecular complexity index is 788. The van der Waals surface area contributed by atoms with Gasteiger partial charge in [-0.2, -0.15) is 5.26 Å². The van der Waals surface area contributed by atoms with Crippen molar-refractivity contribution in [2.45, 2.75) is 44.9 Å². The summed E-state index contributed by atoms with van der Waals surface area (Å²) in [6.45, 7) is 1.95. The van der Waals surface area contributed by atoms with E-state index in [0.29, 0.717) is 11.8 Å². The van der Waals surface area contributed by atoms with Crippen LogP contribution in [0.3, 0.4) is 0 Å². The number of fused-ring (bicyclic) bond motifs is 1. The number of rotatable bonds is 4. The molecule has 1 atom stereocenters. The van der Waals surface area contributed by atoms with Gasteiger partial charge in [0.15, 0.2) is 0 Å². The standard InChI is InChI=1S/C20H21FN2O/c1-13(20(24)8-10-22)14-2-4-15(5-3-14)17-9-11-23-19-7-6-16(21)12-18(17)19/h6-7,9,11-15H,2-5,8H2,1H3. The number of aromatic nitrogens is 1. The second kappa shape index (κ2) is 7.09. The molecule has 0 saturated heterocycles. The second-order valence-electron chi connectivity index (χ2n) is 6.76. The molecule has 24 heavy (non-hydrogen) atoms. The van der Waals surface area contributed by atoms with E-state index in [1.165, 1.54) is 6.07 Å². The molecule has 1 fully saturated rings. The van der Waals surface area contributed by atoms with Crippen LogP contribution in [0, 0.1) is 29.0 Å². The number of nitriles is 1. The van der Waals surface area contributed by atoms with Crippen molar-refractivity contribution in [3.63, 3.8) is 0 Å². The molecule has 0 amide bonds. The summed E-state index contributed by atoms with van der Waals surface area (Å²) in [5, 5.41) is 9.59. The van der Waals surface area contributed by atoms with E-state index < -0.39 is 0 Å². The Kier molecular flexibility index (Phi) is 4.89. The zero-order valence-electron chi connectivity index (χ0n) is 13.8. The lowest BCUT2D eigenvalue weighted by molar-refractivity contribution is -0.123. The third-order valence-corrected chi connectivity index (χ3v) is 5.42. The smallest absolute Gasteiger partial charge is 0.149 e. The number of pyridine rings is 1. The molecule has 0 N–H and O–H groups in total. The van der Waals surface area contributed by atoms with Crippen molar-refractivity contribution in [1.29, 1.82) is 5.26 Å². The molecule has 3 rings (SSSR count). The van der Waals surface area contributed by atoms with Gasteiger partial charge in [0, 0.05) is 17.5 Å². The number of carbonyl (C=O) groups excluding carboxylic acids is 1. The molecule has 124 valence electrons. The lowest BCUT2D eigenvalue weighted by atomic mass is 9.72. The summed E-state index contributed by atoms with van der Waals surface area (Å²) in [5.41, 5.74) is 1.99. The Morgan fingerprint density at radius 3 is 2.79 bits per heavy atom. The maximum atomic E-state index is 13.6. The summed E-state index contributed by atoms with van der Waals surface area (Å²) >= 11 is 0. The van der Waals surface area contributed by atoms with Gasteiger partial charge in [0.25, 0.3) is 0 Å². The summed E-state index contributed by atoms with van der Waals surface area (Å²) in [6.07, 6.45) is 5.73. The molecule has 0 aliphatic heterocycles. The molecule has 1 unspecified atom stereocenters. The number of nitrogens with zero attached hydrogens (tertiary/aromatic N) is 2. The number of ketones is 1. The lowest BCUT2D eigenvalue weighted by Crippen LogP contribution is -2.25. The quantitative estimate of drug-likeness (QED) is 0.814. The maximum Gasteiger partial charge on any atom is 0.149 e. The van der Waals surface area contributed by atoms with E-state index in [1.54, 1.807) is 18.3 Å². The van der Waals surface area contributed by atoms with Crippen molar-refractivity contribution in [2.75, 3.05) is 0 Å². The monoisotopic (exact) mass is 324 g/mol. The van der Waals surface area contributed by atoms with Crippen molar-refractivity contribution in [2.24, 2.45) is 11.8 Å². The van der Waals surface area contributed by atoms with Gasteiger partial charge in [-0.05, 0) is 67.3 Å². The Morgan fingerprint density at radius 1 is 1.33 bits per heavy atom. The van der Waals surface area contributed by atoms with E-state index in [0.717, 1.165) is 42.1 Å². The number of Topliss-reactive ketones (excluding diaryl/α,β-unsaturated/α-hetero) is 1. The molecule has 3 nitrogen and oxygen atoms in total. The molecule has 0 bridgehead atoms. The molecule has 2 aromatic rings. The van der Waals surface area contributed by atoms with Gasteiger partial charge in [-0.3, -0.25) is 9.78 Å². The van der Waals surface area contributed by atoms with E-state index in [4.69, 9.17) is 5.26 Å². The lowest BCUT2D eigenvalue weighted by Gasteiger charge is -2.32. The summed E-state index contributed by atoms with van der Waals surface area (Å²) in [4.78, 5) is 16.3. The summed E-state index contributed by atoms with van der Waals surface area (Å²) in [7, 11) is 0. The highest BCUT2D eigenvalue weighted by Crippen LogP contribution is 2.41. The first-order chi connectivity index (χ1) is 11.6. The van der Waals surface area contributed by atoms with Crippen LogP contribution in [0.25, 0.3) is 10.9 Å². The normalized spacial score (nSPS) is 22.0. The van der Waals surface area contributed by atoms with Crippen LogP contribution in [0.4, 0.5) is 4.39 Å². The molecule has 0 radical (unpaired) electrons. The van der Waals surface area contributed by atoms with Crippen LogP contribution < -0.4 is 0 Å². The van der Waals surface area contributed by atoms with Crippen LogP contribution in [0.15, 0.2) is 30.5 Å². The Morgan fingerprint density at radius 2 is 2.08 bits per heavy atom. The van der Waals surface area contributed by atoms with Crippen molar-refractivity contribution in [3.8, 4) is 6.07 Å². The first kappa shape index (κ1) is 16.6. The highest BCUT2D eigenvalue weighted by atomic mass is 19.1. The van der Waals surface area contributed by atoms with Crippen molar-refractivity contribution in [3.05, 3.63) is 41.8 Å². The number of hydrogen-bond acceptors (Lipinski definition) is 3. The molecular formula is C20H21FN2O. The fourth-order valence-corrected chi connectivity index (χ4v) is 3.93. The number of hydrogen-bond donors (Lipinski definition) is 0. The molecular weight excluding hydrogens is 303 g/mol. The van der Waals surface area contributed by atoms with Gasteiger partial charge in [0.2, 0.25) is 0 Å². The van der Waals surface area contributed by atoms with Gasteiger partial charge >= 0.3 is 0 Å². The van der Waals surface area contributed by atoms with E-state index in [2.05, 4.69) is 4.98 Å². The average molecular weight is 324 g/mol. The predicted octanol–water partition coefficient (Wildman–Crippen LogP) is 4.77. The third-order valence-electron chi connectivity index (χ3n) is 5.42. The molecule has 1 aromatic carbocycles. The van der Waals surface area contributed by atoms with Crippen molar-refractivity contribution >= 4 is 16.7 Å². The Hall–Kier alpha value is -2.28. The summed E-state index contributed by atoms with van der Waals surface area (Å²) < 4.78 is 13.6. The fraction of sp³-hybridized carbons (Fsp3) is 0.450. The molecule has 1 saturated carbocycles. The van der Waals surface area contributed by atoms with Crippen LogP contribution in [0.5, 0.6) is 0 Å². The topological polar surface area (TPSA) is 53.8 Å². The zero-order chi connectivity index (χ0) is 17.1. The van der Waals surface area contributed by atoms with Gasteiger partial charge in [0.05, 0.1) is 18.0 Å². The van der Waals surface area contributed by atoms with Crippen LogP contribution >= 0.6 is 0 Å². The number of benzene rings is 1. The number of carbonyl (C=O) groups is 1. The van der Waals surface area contributed by atoms with E-state index in [-0.39, 0.29) is 23.9 Å². The maximum absolute atomic E-state index is 13.6. The largest absolute Gasteiger partial charge is 0.298 e. The summed E-state index contributed by atoms with van der Waals surface area (Å²) in [5.74, 6) is 0.509. The molecule has 0 spiro atoms. The molecule has 1 aliphatic carbocycles. The van der Waals surface area contributed by atoms with Crippen LogP contribution in [0.1, 0.15) is 50.5 Å². The Balaban J connectivity index is 1.75. The van der Waals surface area contributed by atoms with Crippen LogP contribution in [-0.2, 0) is 4.79 Å². The van der Waals surface area contributed by atoms with E-state index >= 15 is 0 Å². The third kappa shape index (κ3) is 3.31. The fourth-order valence-electron chi connectivity index (χ4n) is 3.93. The summed E-state index contributed by atoms with van der Waals surface area (Å²) in [6, 6.07) is 8.69. The zero-order valence-corrected chi connectivity index (χ0v) is 13.8. The molecule has 4 heteroatoms. The van der Waals surface area contributed by atoms with Gasteiger partial charge < -0.3 is 0 Å². The molecule has 1 heterocycles.